The molecule has 2 aliphatic rings. The lowest BCUT2D eigenvalue weighted by molar-refractivity contribution is 0.00126. The van der Waals surface area contributed by atoms with Gasteiger partial charge in [0.1, 0.15) is 0 Å². The molecule has 3 heteroatoms. The predicted molar refractivity (Wildman–Crippen MR) is 80.4 cm³/mol. The van der Waals surface area contributed by atoms with Crippen molar-refractivity contribution in [2.45, 2.75) is 58.0 Å². The van der Waals surface area contributed by atoms with Gasteiger partial charge >= 0.3 is 0 Å². The van der Waals surface area contributed by atoms with Crippen LogP contribution < -0.4 is 0 Å². The maximum absolute atomic E-state index is 10.4. The minimum absolute atomic E-state index is 0.458. The molecule has 19 heavy (non-hydrogen) atoms. The van der Waals surface area contributed by atoms with E-state index in [1.165, 1.54) is 58.4 Å². The maximum atomic E-state index is 10.4. The van der Waals surface area contributed by atoms with E-state index in [4.69, 9.17) is 0 Å². The summed E-state index contributed by atoms with van der Waals surface area (Å²) in [5.41, 5.74) is -0.458. The number of likely N-dealkylation sites (tertiary alicyclic amines) is 2. The highest BCUT2D eigenvalue weighted by atomic mass is 16.3. The molecule has 0 bridgehead atoms. The molecular formula is C16H32N2O. The first-order valence-corrected chi connectivity index (χ1v) is 8.32. The highest BCUT2D eigenvalue weighted by Crippen LogP contribution is 2.24. The average molecular weight is 268 g/mol. The van der Waals surface area contributed by atoms with Crippen molar-refractivity contribution in [1.29, 1.82) is 0 Å². The van der Waals surface area contributed by atoms with Gasteiger partial charge in [-0.3, -0.25) is 0 Å². The third-order valence-corrected chi connectivity index (χ3v) is 5.17. The molecule has 2 rings (SSSR count). The standard InChI is InChI=1S/C16H32N2O/c1-3-16(19,4-2)14-18-11-8-15(13-18)12-17-9-6-5-7-10-17/h15,19H,3-14H2,1-2H3. The normalized spacial score (nSPS) is 27.0. The topological polar surface area (TPSA) is 26.7 Å². The van der Waals surface area contributed by atoms with Gasteiger partial charge in [-0.1, -0.05) is 20.3 Å². The van der Waals surface area contributed by atoms with Crippen LogP contribution in [0.5, 0.6) is 0 Å². The highest BCUT2D eigenvalue weighted by molar-refractivity contribution is 4.85. The maximum Gasteiger partial charge on any atom is 0.0768 e. The Bertz CT molecular complexity index is 259. The van der Waals surface area contributed by atoms with Gasteiger partial charge in [-0.25, -0.2) is 0 Å². The molecule has 0 aromatic rings. The zero-order valence-electron chi connectivity index (χ0n) is 12.9. The summed E-state index contributed by atoms with van der Waals surface area (Å²) in [6.45, 7) is 11.4. The van der Waals surface area contributed by atoms with Crippen molar-refractivity contribution < 1.29 is 5.11 Å². The van der Waals surface area contributed by atoms with Crippen LogP contribution in [-0.2, 0) is 0 Å². The van der Waals surface area contributed by atoms with Gasteiger partial charge < -0.3 is 14.9 Å². The molecule has 2 saturated heterocycles. The summed E-state index contributed by atoms with van der Waals surface area (Å²) in [4.78, 5) is 5.14. The number of hydrogen-bond donors (Lipinski definition) is 1. The number of nitrogens with zero attached hydrogens (tertiary/aromatic N) is 2. The van der Waals surface area contributed by atoms with Crippen LogP contribution in [0.1, 0.15) is 52.4 Å². The summed E-state index contributed by atoms with van der Waals surface area (Å²) >= 11 is 0. The minimum atomic E-state index is -0.458. The Kier molecular flexibility index (Phi) is 5.67. The molecule has 0 aromatic carbocycles. The lowest BCUT2D eigenvalue weighted by Gasteiger charge is -2.31. The number of aliphatic hydroxyl groups is 1. The second-order valence-corrected chi connectivity index (χ2v) is 6.68. The van der Waals surface area contributed by atoms with Crippen LogP contribution in [0.25, 0.3) is 0 Å². The Labute approximate surface area is 119 Å². The van der Waals surface area contributed by atoms with Crippen LogP contribution in [-0.4, -0.2) is 59.8 Å². The van der Waals surface area contributed by atoms with Crippen LogP contribution in [0.3, 0.4) is 0 Å². The molecule has 3 nitrogen and oxygen atoms in total. The third kappa shape index (κ3) is 4.44. The van der Waals surface area contributed by atoms with E-state index in [1.807, 2.05) is 0 Å². The quantitative estimate of drug-likeness (QED) is 0.801. The Morgan fingerprint density at radius 2 is 1.68 bits per heavy atom. The molecule has 0 aromatic heterocycles. The molecule has 0 spiro atoms. The Hall–Kier alpha value is -0.120. The van der Waals surface area contributed by atoms with Crippen LogP contribution >= 0.6 is 0 Å². The molecule has 1 atom stereocenters. The minimum Gasteiger partial charge on any atom is -0.389 e. The zero-order chi connectivity index (χ0) is 13.7. The SMILES string of the molecule is CCC(O)(CC)CN1CCC(CN2CCCCC2)C1. The van der Waals surface area contributed by atoms with Crippen molar-refractivity contribution in [3.63, 3.8) is 0 Å². The van der Waals surface area contributed by atoms with Crippen molar-refractivity contribution in [3.05, 3.63) is 0 Å². The smallest absolute Gasteiger partial charge is 0.0768 e. The predicted octanol–water partition coefficient (Wildman–Crippen LogP) is 2.35. The molecule has 0 saturated carbocycles. The summed E-state index contributed by atoms with van der Waals surface area (Å²) in [5.74, 6) is 0.830. The fourth-order valence-electron chi connectivity index (χ4n) is 3.60. The summed E-state index contributed by atoms with van der Waals surface area (Å²) in [5, 5.41) is 10.4. The van der Waals surface area contributed by atoms with E-state index >= 15 is 0 Å². The number of hydrogen-bond acceptors (Lipinski definition) is 3. The Balaban J connectivity index is 1.73. The van der Waals surface area contributed by atoms with E-state index in [2.05, 4.69) is 23.6 Å². The summed E-state index contributed by atoms with van der Waals surface area (Å²) < 4.78 is 0. The van der Waals surface area contributed by atoms with Gasteiger partial charge in [0.05, 0.1) is 5.60 Å². The molecule has 0 amide bonds. The van der Waals surface area contributed by atoms with Crippen molar-refractivity contribution in [2.75, 3.05) is 39.3 Å². The van der Waals surface area contributed by atoms with Gasteiger partial charge in [-0.15, -0.1) is 0 Å². The molecule has 1 unspecified atom stereocenters. The lowest BCUT2D eigenvalue weighted by Crippen LogP contribution is -2.42. The summed E-state index contributed by atoms with van der Waals surface area (Å²) in [6, 6.07) is 0. The van der Waals surface area contributed by atoms with E-state index in [-0.39, 0.29) is 0 Å². The largest absolute Gasteiger partial charge is 0.389 e. The molecular weight excluding hydrogens is 236 g/mol. The van der Waals surface area contributed by atoms with Crippen molar-refractivity contribution >= 4 is 0 Å². The van der Waals surface area contributed by atoms with Crippen molar-refractivity contribution in [3.8, 4) is 0 Å². The van der Waals surface area contributed by atoms with Crippen LogP contribution in [0.4, 0.5) is 0 Å². The fraction of sp³-hybridized carbons (Fsp3) is 1.00. The Morgan fingerprint density at radius 1 is 1.00 bits per heavy atom. The first kappa shape index (κ1) is 15.3. The fourth-order valence-corrected chi connectivity index (χ4v) is 3.60. The van der Waals surface area contributed by atoms with Gasteiger partial charge in [0.2, 0.25) is 0 Å². The second-order valence-electron chi connectivity index (χ2n) is 6.68. The van der Waals surface area contributed by atoms with E-state index < -0.39 is 5.60 Å². The lowest BCUT2D eigenvalue weighted by atomic mass is 9.97. The van der Waals surface area contributed by atoms with E-state index in [0.29, 0.717) is 0 Å². The molecule has 0 radical (unpaired) electrons. The average Bonchev–Trinajstić information content (AvgIpc) is 2.87. The first-order valence-electron chi connectivity index (χ1n) is 8.32. The van der Waals surface area contributed by atoms with Crippen molar-refractivity contribution in [1.82, 2.24) is 9.80 Å². The van der Waals surface area contributed by atoms with Gasteiger partial charge in [-0.05, 0) is 57.7 Å². The van der Waals surface area contributed by atoms with Gasteiger partial charge in [-0.2, -0.15) is 0 Å². The second kappa shape index (κ2) is 7.05. The number of rotatable bonds is 6. The van der Waals surface area contributed by atoms with E-state index in [0.717, 1.165) is 25.3 Å². The molecule has 1 N–H and O–H groups in total. The first-order chi connectivity index (χ1) is 9.15. The molecule has 112 valence electrons. The monoisotopic (exact) mass is 268 g/mol. The summed E-state index contributed by atoms with van der Waals surface area (Å²) in [6.07, 6.45) is 7.27. The zero-order valence-corrected chi connectivity index (χ0v) is 12.9. The van der Waals surface area contributed by atoms with Crippen LogP contribution in [0.15, 0.2) is 0 Å². The third-order valence-electron chi connectivity index (χ3n) is 5.17. The van der Waals surface area contributed by atoms with E-state index in [9.17, 15) is 5.11 Å². The van der Waals surface area contributed by atoms with Gasteiger partial charge in [0.15, 0.2) is 0 Å². The molecule has 2 aliphatic heterocycles. The molecule has 2 fully saturated rings. The van der Waals surface area contributed by atoms with Crippen LogP contribution in [0, 0.1) is 5.92 Å². The molecule has 0 aliphatic carbocycles. The number of piperidine rings is 1. The van der Waals surface area contributed by atoms with Gasteiger partial charge in [0, 0.05) is 19.6 Å². The highest BCUT2D eigenvalue weighted by Gasteiger charge is 2.31. The van der Waals surface area contributed by atoms with Gasteiger partial charge in [0.25, 0.3) is 0 Å². The van der Waals surface area contributed by atoms with Crippen molar-refractivity contribution in [2.24, 2.45) is 5.92 Å². The van der Waals surface area contributed by atoms with Crippen LogP contribution in [0.2, 0.25) is 0 Å². The summed E-state index contributed by atoms with van der Waals surface area (Å²) in [7, 11) is 0. The van der Waals surface area contributed by atoms with E-state index in [1.54, 1.807) is 0 Å². The molecule has 2 heterocycles. The number of β-amino-alcohol motifs (C(OH)–C–C–N with tert-alkyl or cyclic N) is 1. The Morgan fingerprint density at radius 3 is 2.32 bits per heavy atom.